The van der Waals surface area contributed by atoms with Crippen molar-refractivity contribution in [2.75, 3.05) is 59.1 Å². The van der Waals surface area contributed by atoms with E-state index < -0.39 is 164 Å². The van der Waals surface area contributed by atoms with Crippen LogP contribution in [0.1, 0.15) is 84.9 Å². The molecular weight excluding hydrogens is 1200 g/mol. The highest BCUT2D eigenvalue weighted by Crippen LogP contribution is 2.29. The number of nitrogens with zero attached hydrogens (tertiary/aromatic N) is 1. The Kier molecular flexibility index (Phi) is 31.5. The fraction of sp³-hybridized carbons (Fsp3) is 0.446. The molecule has 484 valence electrons. The number of ether oxygens (including phenoxy) is 3. The number of amides is 4. The van der Waals surface area contributed by atoms with Gasteiger partial charge in [-0.25, -0.2) is 40.7 Å². The number of esters is 3. The molecule has 0 saturated carbocycles. The Hall–Kier alpha value is -7.96. The zero-order chi connectivity index (χ0) is 65.3. The normalized spacial score (nSPS) is 14.3. The minimum absolute atomic E-state index is 0. The average molecular weight is 1270 g/mol. The van der Waals surface area contributed by atoms with Crippen molar-refractivity contribution in [3.8, 4) is 0 Å². The second-order valence-corrected chi connectivity index (χ2v) is 18.2. The molecule has 1 aliphatic rings. The summed E-state index contributed by atoms with van der Waals surface area (Å²) in [5, 5.41) is 11.0. The molecule has 3 aromatic carbocycles. The van der Waals surface area contributed by atoms with Gasteiger partial charge in [-0.2, -0.15) is 39.5 Å². The van der Waals surface area contributed by atoms with E-state index in [0.717, 1.165) is 50.3 Å². The molecule has 0 bridgehead atoms. The summed E-state index contributed by atoms with van der Waals surface area (Å²) in [6.07, 6.45) is -11.1. The van der Waals surface area contributed by atoms with Crippen molar-refractivity contribution in [2.24, 2.45) is 0 Å². The summed E-state index contributed by atoms with van der Waals surface area (Å²) in [7, 11) is 0. The monoisotopic (exact) mass is 1270 g/mol. The minimum atomic E-state index is -4.67. The Morgan fingerprint density at radius 1 is 0.621 bits per heavy atom. The molecule has 0 saturated heterocycles. The summed E-state index contributed by atoms with van der Waals surface area (Å²) in [4.78, 5) is 84.3. The number of hydrogen-bond acceptors (Lipinski definition) is 12. The van der Waals surface area contributed by atoms with Crippen molar-refractivity contribution < 1.29 is 114 Å². The lowest BCUT2D eigenvalue weighted by Gasteiger charge is -2.29. The first-order valence-corrected chi connectivity index (χ1v) is 25.7. The summed E-state index contributed by atoms with van der Waals surface area (Å²) in [5.74, 6) is -13.3. The van der Waals surface area contributed by atoms with Crippen molar-refractivity contribution in [2.45, 2.75) is 104 Å². The SMILES string of the molecule is C.CC(=O)NC1CC=C(c2cccc(F)c2F)CN(CC(F)(F)F)C1=O.CCOC(=O)C(C/C=C(\CNCC(F)(F)F)c1cccc(F)c1F)(NC(C)=O)C(=O)OCC.CCOC(=O)C(C/C=C(\CNCC(F)(F)F)c1cccc(F)c1F)NC(C)=O. The summed E-state index contributed by atoms with van der Waals surface area (Å²) < 4.78 is 211. The molecule has 0 fully saturated rings. The number of nitrogens with one attached hydrogen (secondary N) is 5. The molecular formula is C56H65F15N6O10. The van der Waals surface area contributed by atoms with E-state index in [1.807, 2.05) is 0 Å². The van der Waals surface area contributed by atoms with Gasteiger partial charge in [0, 0.05) is 63.5 Å². The van der Waals surface area contributed by atoms with Gasteiger partial charge < -0.3 is 45.7 Å². The molecule has 0 radical (unpaired) electrons. The first kappa shape index (κ1) is 77.1. The van der Waals surface area contributed by atoms with Crippen LogP contribution in [0, 0.1) is 34.9 Å². The maximum atomic E-state index is 14.4. The van der Waals surface area contributed by atoms with Gasteiger partial charge in [0.1, 0.15) is 18.6 Å². The summed E-state index contributed by atoms with van der Waals surface area (Å²) >= 11 is 0. The van der Waals surface area contributed by atoms with E-state index in [0.29, 0.717) is 4.90 Å². The van der Waals surface area contributed by atoms with E-state index in [-0.39, 0.29) is 67.9 Å². The molecule has 1 heterocycles. The minimum Gasteiger partial charge on any atom is -0.464 e. The van der Waals surface area contributed by atoms with Crippen LogP contribution in [0.5, 0.6) is 0 Å². The van der Waals surface area contributed by atoms with E-state index in [1.54, 1.807) is 6.92 Å². The fourth-order valence-electron chi connectivity index (χ4n) is 7.78. The average Bonchev–Trinajstić information content (AvgIpc) is 2.50. The molecule has 16 nitrogen and oxygen atoms in total. The molecule has 4 rings (SSSR count). The van der Waals surface area contributed by atoms with Crippen LogP contribution in [0.25, 0.3) is 16.7 Å². The number of alkyl halides is 9. The molecule has 1 aliphatic heterocycles. The third kappa shape index (κ3) is 26.3. The number of rotatable bonds is 23. The van der Waals surface area contributed by atoms with Gasteiger partial charge >= 0.3 is 36.4 Å². The van der Waals surface area contributed by atoms with Gasteiger partial charge in [0.05, 0.1) is 32.9 Å². The highest BCUT2D eigenvalue weighted by atomic mass is 19.4. The van der Waals surface area contributed by atoms with Crippen LogP contribution in [0.4, 0.5) is 65.9 Å². The van der Waals surface area contributed by atoms with E-state index in [1.165, 1.54) is 57.2 Å². The fourth-order valence-corrected chi connectivity index (χ4v) is 7.78. The van der Waals surface area contributed by atoms with E-state index in [9.17, 15) is 99.4 Å². The van der Waals surface area contributed by atoms with Crippen molar-refractivity contribution >= 4 is 58.3 Å². The number of halogens is 15. The first-order valence-electron chi connectivity index (χ1n) is 25.7. The molecule has 87 heavy (non-hydrogen) atoms. The predicted octanol–water partition coefficient (Wildman–Crippen LogP) is 9.13. The number of carbonyl (C=O) groups excluding carboxylic acids is 7. The molecule has 4 amide bonds. The maximum Gasteiger partial charge on any atom is 0.406 e. The van der Waals surface area contributed by atoms with Crippen LogP contribution in [0.3, 0.4) is 0 Å². The Labute approximate surface area is 490 Å². The molecule has 2 unspecified atom stereocenters. The topological polar surface area (TPSA) is 211 Å². The maximum absolute atomic E-state index is 14.4. The predicted molar refractivity (Wildman–Crippen MR) is 286 cm³/mol. The summed E-state index contributed by atoms with van der Waals surface area (Å²) in [6, 6.07) is 7.38. The molecule has 31 heteroatoms. The van der Waals surface area contributed by atoms with Crippen molar-refractivity contribution in [3.05, 3.63) is 124 Å². The van der Waals surface area contributed by atoms with Crippen LogP contribution in [-0.2, 0) is 47.8 Å². The Morgan fingerprint density at radius 3 is 1.51 bits per heavy atom. The highest BCUT2D eigenvalue weighted by molar-refractivity contribution is 6.08. The summed E-state index contributed by atoms with van der Waals surface area (Å²) in [6.45, 7) is 1.60. The Balaban J connectivity index is 0.000000655. The lowest BCUT2D eigenvalue weighted by Crippen LogP contribution is -2.60. The van der Waals surface area contributed by atoms with Crippen LogP contribution in [0.15, 0.2) is 72.8 Å². The second-order valence-electron chi connectivity index (χ2n) is 18.2. The van der Waals surface area contributed by atoms with Gasteiger partial charge in [0.25, 0.3) is 0 Å². The molecule has 5 N–H and O–H groups in total. The molecule has 2 atom stereocenters. The largest absolute Gasteiger partial charge is 0.464 e. The lowest BCUT2D eigenvalue weighted by molar-refractivity contribution is -0.167. The number of benzene rings is 3. The Bertz CT molecular complexity index is 2920. The van der Waals surface area contributed by atoms with Gasteiger partial charge in [-0.3, -0.25) is 19.2 Å². The van der Waals surface area contributed by atoms with Crippen molar-refractivity contribution in [1.29, 1.82) is 0 Å². The van der Waals surface area contributed by atoms with Crippen LogP contribution in [0.2, 0.25) is 0 Å². The van der Waals surface area contributed by atoms with Gasteiger partial charge in [0.15, 0.2) is 34.9 Å². The highest BCUT2D eigenvalue weighted by Gasteiger charge is 2.49. The third-order valence-corrected chi connectivity index (χ3v) is 11.3. The molecule has 0 aromatic heterocycles. The quantitative estimate of drug-likeness (QED) is 0.0261. The van der Waals surface area contributed by atoms with E-state index in [2.05, 4.69) is 26.6 Å². The van der Waals surface area contributed by atoms with Crippen LogP contribution < -0.4 is 26.6 Å². The lowest BCUT2D eigenvalue weighted by atomic mass is 9.91. The standard InChI is InChI=1S/C21H25F5N2O5.C18H21F5N2O3.C16H15F5N2O2.CH4/c1-4-32-18(30)20(28-13(3)29,19(31)33-5-2)10-9-14(11-27-12-21(24,25)26)15-7-6-8-16(22)17(15)23;1-3-28-17(27)15(25-11(2)26)8-7-12(9-24-10-18(21,22)23)13-5-4-6-14(19)16(13)20;1-9(24)22-13-6-5-10(11-3-2-4-12(17)14(11)18)7-23(15(13)25)8-16(19,20)21;/h6-9,27H,4-5,10-12H2,1-3H3,(H,28,29);4-7,15,24H,3,8-10H2,1-2H3,(H,25,26);2-5,13H,6-8H2,1H3,(H,22,24);1H4/b14-9+;12-7+;;. The first-order chi connectivity index (χ1) is 40.0. The second kappa shape index (κ2) is 35.6. The van der Waals surface area contributed by atoms with Gasteiger partial charge in [-0.15, -0.1) is 0 Å². The zero-order valence-electron chi connectivity index (χ0n) is 46.8. The molecule has 0 spiro atoms. The zero-order valence-corrected chi connectivity index (χ0v) is 46.8. The smallest absolute Gasteiger partial charge is 0.406 e. The van der Waals surface area contributed by atoms with Crippen molar-refractivity contribution in [1.82, 2.24) is 31.5 Å². The van der Waals surface area contributed by atoms with Crippen LogP contribution >= 0.6 is 0 Å². The van der Waals surface area contributed by atoms with E-state index >= 15 is 0 Å². The number of hydrogen-bond donors (Lipinski definition) is 5. The van der Waals surface area contributed by atoms with E-state index in [4.69, 9.17) is 14.2 Å². The van der Waals surface area contributed by atoms with Gasteiger partial charge in [0.2, 0.25) is 29.2 Å². The summed E-state index contributed by atoms with van der Waals surface area (Å²) in [5.41, 5.74) is -3.41. The molecule has 0 aliphatic carbocycles. The molecule has 3 aromatic rings. The Morgan fingerprint density at radius 2 is 1.08 bits per heavy atom. The van der Waals surface area contributed by atoms with Crippen LogP contribution in [-0.4, -0.2) is 142 Å². The van der Waals surface area contributed by atoms with Gasteiger partial charge in [-0.05, 0) is 68.5 Å². The number of carbonyl (C=O) groups is 7. The van der Waals surface area contributed by atoms with Gasteiger partial charge in [-0.1, -0.05) is 62.1 Å². The third-order valence-electron chi connectivity index (χ3n) is 11.3. The van der Waals surface area contributed by atoms with Crippen molar-refractivity contribution in [3.63, 3.8) is 0 Å².